The van der Waals surface area contributed by atoms with Crippen molar-refractivity contribution in [3.8, 4) is 0 Å². The Hall–Kier alpha value is -1.27. The molecule has 0 saturated carbocycles. The fraction of sp³-hybridized carbons (Fsp3) is 0.455. The molecule has 2 rings (SSSR count). The lowest BCUT2D eigenvalue weighted by atomic mass is 10.1. The zero-order valence-electron chi connectivity index (χ0n) is 10.5. The number of amides is 1. The van der Waals surface area contributed by atoms with Gasteiger partial charge in [0.2, 0.25) is 5.91 Å². The summed E-state index contributed by atoms with van der Waals surface area (Å²) < 4.78 is 13.6. The normalized spacial score (nSPS) is 23.2. The average Bonchev–Trinajstić information content (AvgIpc) is 2.41. The van der Waals surface area contributed by atoms with Crippen molar-refractivity contribution in [1.29, 1.82) is 0 Å². The van der Waals surface area contributed by atoms with E-state index in [9.17, 15) is 9.36 Å². The van der Waals surface area contributed by atoms with E-state index in [-0.39, 0.29) is 5.91 Å². The molecule has 104 valence electrons. The molecule has 8 heteroatoms. The Bertz CT molecular complexity index is 495. The summed E-state index contributed by atoms with van der Waals surface area (Å²) in [6.07, 6.45) is 4.62. The van der Waals surface area contributed by atoms with Crippen LogP contribution in [0.5, 0.6) is 0 Å². The second-order valence-corrected chi connectivity index (χ2v) is 6.57. The van der Waals surface area contributed by atoms with Crippen molar-refractivity contribution >= 4 is 13.5 Å². The summed E-state index contributed by atoms with van der Waals surface area (Å²) in [5, 5.41) is 2.74. The Kier molecular flexibility index (Phi) is 4.31. The maximum atomic E-state index is 12.4. The van der Waals surface area contributed by atoms with Crippen LogP contribution in [0.1, 0.15) is 18.4 Å². The monoisotopic (exact) mass is 283 g/mol. The molecular formula is C11H18N5O2P. The molecular weight excluding hydrogens is 265 g/mol. The number of aromatic nitrogens is 1. The molecule has 2 atom stereocenters. The van der Waals surface area contributed by atoms with Crippen LogP contribution in [0.3, 0.4) is 0 Å². The van der Waals surface area contributed by atoms with Crippen LogP contribution in [-0.4, -0.2) is 28.1 Å². The van der Waals surface area contributed by atoms with Crippen molar-refractivity contribution in [2.45, 2.75) is 25.4 Å². The molecule has 5 N–H and O–H groups in total. The molecule has 1 aromatic heterocycles. The molecule has 1 aliphatic rings. The van der Waals surface area contributed by atoms with Gasteiger partial charge in [-0.3, -0.25) is 24.5 Å². The lowest BCUT2D eigenvalue weighted by Gasteiger charge is -2.34. The van der Waals surface area contributed by atoms with Crippen molar-refractivity contribution < 1.29 is 9.36 Å². The minimum atomic E-state index is -3.40. The van der Waals surface area contributed by atoms with Gasteiger partial charge < -0.3 is 5.73 Å². The number of rotatable bonds is 4. The molecule has 7 nitrogen and oxygen atoms in total. The number of hydrogen-bond donors (Lipinski definition) is 3. The Labute approximate surface area is 111 Å². The van der Waals surface area contributed by atoms with Crippen molar-refractivity contribution in [3.05, 3.63) is 30.1 Å². The second-order valence-electron chi connectivity index (χ2n) is 4.53. The molecule has 1 unspecified atom stereocenters. The maximum absolute atomic E-state index is 12.4. The zero-order chi connectivity index (χ0) is 13.9. The van der Waals surface area contributed by atoms with E-state index in [0.717, 1.165) is 5.56 Å². The highest BCUT2D eigenvalue weighted by atomic mass is 31.2. The predicted molar refractivity (Wildman–Crippen MR) is 71.8 cm³/mol. The third kappa shape index (κ3) is 3.39. The number of hydrogen-bond acceptors (Lipinski definition) is 4. The highest BCUT2D eigenvalue weighted by Gasteiger charge is 2.35. The first kappa shape index (κ1) is 14.1. The van der Waals surface area contributed by atoms with E-state index in [0.29, 0.717) is 25.9 Å². The molecule has 1 aromatic rings. The number of carbonyl (C=O) groups excluding carboxylic acids is 1. The number of piperidine rings is 1. The molecule has 1 saturated heterocycles. The van der Waals surface area contributed by atoms with Gasteiger partial charge in [0, 0.05) is 25.5 Å². The molecule has 2 heterocycles. The quantitative estimate of drug-likeness (QED) is 0.679. The van der Waals surface area contributed by atoms with Crippen molar-refractivity contribution in [1.82, 2.24) is 14.7 Å². The van der Waals surface area contributed by atoms with Gasteiger partial charge in [0.25, 0.3) is 0 Å². The van der Waals surface area contributed by atoms with Gasteiger partial charge >= 0.3 is 7.59 Å². The van der Waals surface area contributed by atoms with E-state index in [1.54, 1.807) is 18.5 Å². The molecule has 0 spiro atoms. The largest absolute Gasteiger partial charge is 0.320 e. The highest BCUT2D eigenvalue weighted by molar-refractivity contribution is 7.57. The van der Waals surface area contributed by atoms with E-state index >= 15 is 0 Å². The van der Waals surface area contributed by atoms with Crippen LogP contribution in [0.2, 0.25) is 0 Å². The van der Waals surface area contributed by atoms with Crippen LogP contribution in [0.15, 0.2) is 24.5 Å². The van der Waals surface area contributed by atoms with Gasteiger partial charge in [-0.15, -0.1) is 0 Å². The van der Waals surface area contributed by atoms with Gasteiger partial charge in [-0.2, -0.15) is 0 Å². The van der Waals surface area contributed by atoms with Gasteiger partial charge in [-0.1, -0.05) is 6.07 Å². The Morgan fingerprint density at radius 2 is 2.37 bits per heavy atom. The Morgan fingerprint density at radius 1 is 1.58 bits per heavy atom. The molecule has 0 aromatic carbocycles. The van der Waals surface area contributed by atoms with Crippen LogP contribution < -0.4 is 16.3 Å². The van der Waals surface area contributed by atoms with E-state index < -0.39 is 13.6 Å². The topological polar surface area (TPSA) is 114 Å². The first-order valence-electron chi connectivity index (χ1n) is 6.11. The first-order chi connectivity index (χ1) is 9.00. The SMILES string of the molecule is N[C@H]1CCCN(P(N)(=O)NCc2cccnc2)C1=O. The summed E-state index contributed by atoms with van der Waals surface area (Å²) in [7, 11) is -3.40. The fourth-order valence-corrected chi connectivity index (χ4v) is 3.43. The number of carbonyl (C=O) groups is 1. The zero-order valence-corrected chi connectivity index (χ0v) is 11.4. The predicted octanol–water partition coefficient (Wildman–Crippen LogP) is 0.188. The van der Waals surface area contributed by atoms with Crippen LogP contribution >= 0.6 is 7.59 Å². The molecule has 1 aliphatic heterocycles. The lowest BCUT2D eigenvalue weighted by Crippen LogP contribution is -2.49. The molecule has 0 aliphatic carbocycles. The maximum Gasteiger partial charge on any atom is 0.305 e. The standard InChI is InChI=1S/C11H18N5O2P/c12-10-4-2-6-16(11(10)17)19(13,18)15-8-9-3-1-5-14-7-9/h1,3,5,7,10H,2,4,6,8,12H2,(H3,13,15,18)/t10-,19?/m0/s1. The molecule has 1 fully saturated rings. The van der Waals surface area contributed by atoms with Gasteiger partial charge in [-0.25, -0.2) is 5.09 Å². The highest BCUT2D eigenvalue weighted by Crippen LogP contribution is 2.39. The first-order valence-corrected chi connectivity index (χ1v) is 7.83. The summed E-state index contributed by atoms with van der Waals surface area (Å²) in [6, 6.07) is 3.01. The van der Waals surface area contributed by atoms with E-state index in [2.05, 4.69) is 10.1 Å². The van der Waals surface area contributed by atoms with Crippen molar-refractivity contribution in [3.63, 3.8) is 0 Å². The van der Waals surface area contributed by atoms with Crippen LogP contribution in [0.4, 0.5) is 0 Å². The number of nitrogens with two attached hydrogens (primary N) is 2. The number of nitrogens with one attached hydrogen (secondary N) is 1. The van der Waals surface area contributed by atoms with Crippen molar-refractivity contribution in [2.75, 3.05) is 6.54 Å². The average molecular weight is 283 g/mol. The van der Waals surface area contributed by atoms with Gasteiger partial charge in [0.1, 0.15) is 0 Å². The van der Waals surface area contributed by atoms with Crippen molar-refractivity contribution in [2.24, 2.45) is 11.2 Å². The lowest BCUT2D eigenvalue weighted by molar-refractivity contribution is -0.129. The van der Waals surface area contributed by atoms with Crippen LogP contribution in [-0.2, 0) is 15.9 Å². The van der Waals surface area contributed by atoms with E-state index in [4.69, 9.17) is 11.2 Å². The smallest absolute Gasteiger partial charge is 0.305 e. The van der Waals surface area contributed by atoms with E-state index in [1.165, 1.54) is 4.67 Å². The van der Waals surface area contributed by atoms with Gasteiger partial charge in [-0.05, 0) is 24.5 Å². The summed E-state index contributed by atoms with van der Waals surface area (Å²) >= 11 is 0. The van der Waals surface area contributed by atoms with Gasteiger partial charge in [0.15, 0.2) is 0 Å². The minimum Gasteiger partial charge on any atom is -0.320 e. The summed E-state index contributed by atoms with van der Waals surface area (Å²) in [5.74, 6) is -0.351. The summed E-state index contributed by atoms with van der Waals surface area (Å²) in [6.45, 7) is 0.668. The third-order valence-electron chi connectivity index (χ3n) is 3.05. The molecule has 0 bridgehead atoms. The Balaban J connectivity index is 2.01. The molecule has 1 amide bonds. The molecule has 0 radical (unpaired) electrons. The third-order valence-corrected chi connectivity index (χ3v) is 4.77. The second kappa shape index (κ2) is 5.79. The summed E-state index contributed by atoms with van der Waals surface area (Å²) in [5.41, 5.74) is 12.3. The van der Waals surface area contributed by atoms with Gasteiger partial charge in [0.05, 0.1) is 6.04 Å². The van der Waals surface area contributed by atoms with Crippen LogP contribution in [0, 0.1) is 0 Å². The number of nitrogens with zero attached hydrogens (tertiary/aromatic N) is 2. The number of pyridine rings is 1. The van der Waals surface area contributed by atoms with E-state index in [1.807, 2.05) is 6.07 Å². The summed E-state index contributed by atoms with van der Waals surface area (Å²) in [4.78, 5) is 15.8. The fourth-order valence-electron chi connectivity index (χ4n) is 1.97. The van der Waals surface area contributed by atoms with Crippen LogP contribution in [0.25, 0.3) is 0 Å². The Morgan fingerprint density at radius 3 is 3.05 bits per heavy atom. The minimum absolute atomic E-state index is 0.292. The molecule has 19 heavy (non-hydrogen) atoms.